The normalized spacial score (nSPS) is 24.5. The van der Waals surface area contributed by atoms with Crippen LogP contribution in [0.1, 0.15) is 39.0 Å². The first-order chi connectivity index (χ1) is 9.77. The molecule has 1 rings (SSSR count). The molecule has 3 unspecified atom stereocenters. The molecule has 2 N–H and O–H groups in total. The summed E-state index contributed by atoms with van der Waals surface area (Å²) in [4.78, 5) is 0. The maximum absolute atomic E-state index is 9.93. The lowest BCUT2D eigenvalue weighted by Gasteiger charge is -2.31. The molecule has 0 bridgehead atoms. The molecule has 0 radical (unpaired) electrons. The monoisotopic (exact) mass is 301 g/mol. The molecular weight excluding hydrogens is 270 g/mol. The van der Waals surface area contributed by atoms with Crippen LogP contribution in [0.3, 0.4) is 0 Å². The summed E-state index contributed by atoms with van der Waals surface area (Å²) in [6.45, 7) is 7.95. The predicted molar refractivity (Wildman–Crippen MR) is 88.4 cm³/mol. The van der Waals surface area contributed by atoms with E-state index in [1.165, 1.54) is 25.7 Å². The van der Waals surface area contributed by atoms with Crippen LogP contribution >= 0.6 is 11.8 Å². The van der Waals surface area contributed by atoms with E-state index in [4.69, 9.17) is 4.74 Å². The first-order valence-electron chi connectivity index (χ1n) is 7.97. The van der Waals surface area contributed by atoms with Crippen molar-refractivity contribution in [2.75, 3.05) is 31.2 Å². The third-order valence-corrected chi connectivity index (χ3v) is 4.87. The Morgan fingerprint density at radius 3 is 3.00 bits per heavy atom. The summed E-state index contributed by atoms with van der Waals surface area (Å²) < 4.78 is 5.94. The highest BCUT2D eigenvalue weighted by atomic mass is 32.2. The zero-order valence-corrected chi connectivity index (χ0v) is 13.7. The minimum absolute atomic E-state index is 0.367. The number of nitrogens with one attached hydrogen (secondary N) is 1. The van der Waals surface area contributed by atoms with Gasteiger partial charge in [-0.2, -0.15) is 11.8 Å². The Balaban J connectivity index is 2.03. The lowest BCUT2D eigenvalue weighted by molar-refractivity contribution is -0.0497. The molecule has 1 aliphatic carbocycles. The van der Waals surface area contributed by atoms with Crippen LogP contribution in [-0.2, 0) is 4.74 Å². The summed E-state index contributed by atoms with van der Waals surface area (Å²) >= 11 is 1.85. The number of aliphatic hydroxyl groups excluding tert-OH is 1. The standard InChI is InChI=1S/C16H31NO2S/c1-3-10-20-11-9-17-12-15(18)13-19-16-8-6-5-7-14(16)4-2/h3,14-18H,1,4-13H2,2H3. The van der Waals surface area contributed by atoms with Crippen molar-refractivity contribution in [1.29, 1.82) is 0 Å². The summed E-state index contributed by atoms with van der Waals surface area (Å²) in [5.74, 6) is 2.74. The summed E-state index contributed by atoms with van der Waals surface area (Å²) in [5, 5.41) is 13.2. The molecule has 0 aliphatic heterocycles. The summed E-state index contributed by atoms with van der Waals surface area (Å²) in [5.41, 5.74) is 0. The highest BCUT2D eigenvalue weighted by Gasteiger charge is 2.24. The highest BCUT2D eigenvalue weighted by Crippen LogP contribution is 2.29. The van der Waals surface area contributed by atoms with Gasteiger partial charge in [0.15, 0.2) is 0 Å². The summed E-state index contributed by atoms with van der Waals surface area (Å²) in [6, 6.07) is 0. The summed E-state index contributed by atoms with van der Waals surface area (Å²) in [6.07, 6.45) is 8.15. The number of rotatable bonds is 11. The van der Waals surface area contributed by atoms with E-state index in [-0.39, 0.29) is 6.10 Å². The molecule has 3 nitrogen and oxygen atoms in total. The van der Waals surface area contributed by atoms with Crippen LogP contribution in [-0.4, -0.2) is 48.5 Å². The van der Waals surface area contributed by atoms with Gasteiger partial charge in [-0.05, 0) is 18.8 Å². The summed E-state index contributed by atoms with van der Waals surface area (Å²) in [7, 11) is 0. The van der Waals surface area contributed by atoms with Crippen LogP contribution in [0, 0.1) is 5.92 Å². The van der Waals surface area contributed by atoms with Gasteiger partial charge in [0.25, 0.3) is 0 Å². The Morgan fingerprint density at radius 1 is 1.45 bits per heavy atom. The zero-order valence-electron chi connectivity index (χ0n) is 12.9. The molecule has 1 fully saturated rings. The fraction of sp³-hybridized carbons (Fsp3) is 0.875. The topological polar surface area (TPSA) is 41.5 Å². The molecule has 1 saturated carbocycles. The third kappa shape index (κ3) is 7.67. The zero-order chi connectivity index (χ0) is 14.6. The molecule has 0 saturated heterocycles. The van der Waals surface area contributed by atoms with Crippen molar-refractivity contribution in [2.24, 2.45) is 5.92 Å². The second kappa shape index (κ2) is 11.6. The first kappa shape index (κ1) is 18.0. The van der Waals surface area contributed by atoms with Gasteiger partial charge in [0.05, 0.1) is 18.8 Å². The first-order valence-corrected chi connectivity index (χ1v) is 9.12. The van der Waals surface area contributed by atoms with Gasteiger partial charge in [-0.15, -0.1) is 6.58 Å². The number of thioether (sulfide) groups is 1. The average molecular weight is 301 g/mol. The molecule has 0 aromatic carbocycles. The van der Waals surface area contributed by atoms with Crippen LogP contribution in [0.2, 0.25) is 0 Å². The largest absolute Gasteiger partial charge is 0.389 e. The minimum Gasteiger partial charge on any atom is -0.389 e. The smallest absolute Gasteiger partial charge is 0.0897 e. The van der Waals surface area contributed by atoms with Crippen LogP contribution in [0.5, 0.6) is 0 Å². The van der Waals surface area contributed by atoms with Gasteiger partial charge in [-0.25, -0.2) is 0 Å². The fourth-order valence-corrected chi connectivity index (χ4v) is 3.36. The Bertz CT molecular complexity index is 251. The van der Waals surface area contributed by atoms with E-state index in [2.05, 4.69) is 18.8 Å². The number of hydrogen-bond acceptors (Lipinski definition) is 4. The van der Waals surface area contributed by atoms with E-state index in [0.29, 0.717) is 25.2 Å². The lowest BCUT2D eigenvalue weighted by atomic mass is 9.85. The molecule has 118 valence electrons. The molecular formula is C16H31NO2S. The van der Waals surface area contributed by atoms with Crippen LogP contribution in [0.25, 0.3) is 0 Å². The average Bonchev–Trinajstić information content (AvgIpc) is 2.49. The molecule has 20 heavy (non-hydrogen) atoms. The van der Waals surface area contributed by atoms with Gasteiger partial charge in [0.1, 0.15) is 0 Å². The van der Waals surface area contributed by atoms with Gasteiger partial charge in [-0.1, -0.05) is 32.3 Å². The number of hydrogen-bond donors (Lipinski definition) is 2. The molecule has 0 heterocycles. The van der Waals surface area contributed by atoms with E-state index in [1.807, 2.05) is 17.8 Å². The van der Waals surface area contributed by atoms with Gasteiger partial charge in [0, 0.05) is 24.6 Å². The van der Waals surface area contributed by atoms with Crippen LogP contribution in [0.15, 0.2) is 12.7 Å². The molecule has 0 amide bonds. The van der Waals surface area contributed by atoms with Crippen molar-refractivity contribution in [3.05, 3.63) is 12.7 Å². The predicted octanol–water partition coefficient (Wildman–Crippen LogP) is 2.84. The molecule has 0 aromatic heterocycles. The second-order valence-corrected chi connectivity index (χ2v) is 6.70. The van der Waals surface area contributed by atoms with Crippen molar-refractivity contribution in [3.63, 3.8) is 0 Å². The quantitative estimate of drug-likeness (QED) is 0.455. The Labute approximate surface area is 128 Å². The maximum Gasteiger partial charge on any atom is 0.0897 e. The van der Waals surface area contributed by atoms with Crippen molar-refractivity contribution in [2.45, 2.75) is 51.2 Å². The maximum atomic E-state index is 9.93. The fourth-order valence-electron chi connectivity index (χ4n) is 2.73. The van der Waals surface area contributed by atoms with Crippen molar-refractivity contribution in [1.82, 2.24) is 5.32 Å². The van der Waals surface area contributed by atoms with E-state index in [0.717, 1.165) is 24.5 Å². The number of ether oxygens (including phenoxy) is 1. The van der Waals surface area contributed by atoms with E-state index < -0.39 is 0 Å². The van der Waals surface area contributed by atoms with Crippen LogP contribution < -0.4 is 5.32 Å². The van der Waals surface area contributed by atoms with Gasteiger partial charge in [0.2, 0.25) is 0 Å². The number of aliphatic hydroxyl groups is 1. The third-order valence-electron chi connectivity index (χ3n) is 3.91. The lowest BCUT2D eigenvalue weighted by Crippen LogP contribution is -2.35. The van der Waals surface area contributed by atoms with Gasteiger partial charge in [-0.3, -0.25) is 0 Å². The van der Waals surface area contributed by atoms with E-state index in [1.54, 1.807) is 0 Å². The molecule has 3 atom stereocenters. The van der Waals surface area contributed by atoms with Crippen molar-refractivity contribution >= 4 is 11.8 Å². The Kier molecular flexibility index (Phi) is 10.5. The van der Waals surface area contributed by atoms with E-state index >= 15 is 0 Å². The Hall–Kier alpha value is -0.0300. The molecule has 1 aliphatic rings. The Morgan fingerprint density at radius 2 is 2.25 bits per heavy atom. The van der Waals surface area contributed by atoms with Crippen molar-refractivity contribution in [3.8, 4) is 0 Å². The minimum atomic E-state index is -0.390. The van der Waals surface area contributed by atoms with E-state index in [9.17, 15) is 5.11 Å². The molecule has 0 aromatic rings. The molecule has 0 spiro atoms. The SMILES string of the molecule is C=CCSCCNCC(O)COC1CCCCC1CC. The second-order valence-electron chi connectivity index (χ2n) is 5.55. The van der Waals surface area contributed by atoms with Crippen LogP contribution in [0.4, 0.5) is 0 Å². The van der Waals surface area contributed by atoms with Gasteiger partial charge >= 0.3 is 0 Å². The molecule has 4 heteroatoms. The van der Waals surface area contributed by atoms with Gasteiger partial charge < -0.3 is 15.2 Å². The highest BCUT2D eigenvalue weighted by molar-refractivity contribution is 7.99. The van der Waals surface area contributed by atoms with Crippen molar-refractivity contribution < 1.29 is 9.84 Å².